The predicted molar refractivity (Wildman–Crippen MR) is 48.0 cm³/mol. The molecule has 4 heteroatoms. The van der Waals surface area contributed by atoms with Crippen LogP contribution in [0.4, 0.5) is 4.39 Å². The zero-order chi connectivity index (χ0) is 9.84. The van der Waals surface area contributed by atoms with E-state index < -0.39 is 17.7 Å². The number of carboxylic acid groups (broad SMARTS) is 1. The molecule has 0 saturated carbocycles. The molecule has 13 heavy (non-hydrogen) atoms. The van der Waals surface area contributed by atoms with Crippen molar-refractivity contribution in [3.05, 3.63) is 35.2 Å². The molecule has 1 rings (SSSR count). The van der Waals surface area contributed by atoms with Gasteiger partial charge in [0.2, 0.25) is 0 Å². The van der Waals surface area contributed by atoms with Gasteiger partial charge in [-0.25, -0.2) is 9.18 Å². The van der Waals surface area contributed by atoms with Gasteiger partial charge in [-0.2, -0.15) is 0 Å². The Morgan fingerprint density at radius 3 is 3.08 bits per heavy atom. The summed E-state index contributed by atoms with van der Waals surface area (Å²) in [5, 5.41) is 8.37. The van der Waals surface area contributed by atoms with Crippen molar-refractivity contribution in [3.63, 3.8) is 0 Å². The highest BCUT2D eigenvalue weighted by atomic mass is 35.5. The van der Waals surface area contributed by atoms with Crippen LogP contribution in [0.1, 0.15) is 6.42 Å². The highest BCUT2D eigenvalue weighted by molar-refractivity contribution is 6.31. The number of aliphatic carboxylic acids is 1. The summed E-state index contributed by atoms with van der Waals surface area (Å²) in [6.07, 6.45) is 5.85. The maximum absolute atomic E-state index is 13.1. The molecule has 70 valence electrons. The molecule has 1 atom stereocenters. The molecule has 0 amide bonds. The summed E-state index contributed by atoms with van der Waals surface area (Å²) in [7, 11) is 0. The molecule has 1 N–H and O–H groups in total. The van der Waals surface area contributed by atoms with Crippen LogP contribution in [0.2, 0.25) is 0 Å². The molecule has 0 fully saturated rings. The molecule has 0 bridgehead atoms. The molecule has 0 radical (unpaired) electrons. The number of hydrogen-bond donors (Lipinski definition) is 1. The predicted octanol–water partition coefficient (Wildman–Crippen LogP) is 2.62. The van der Waals surface area contributed by atoms with Crippen molar-refractivity contribution in [2.45, 2.75) is 6.42 Å². The lowest BCUT2D eigenvalue weighted by Gasteiger charge is -2.12. The van der Waals surface area contributed by atoms with Gasteiger partial charge < -0.3 is 5.11 Å². The second-order valence-corrected chi connectivity index (χ2v) is 3.04. The zero-order valence-corrected chi connectivity index (χ0v) is 7.46. The lowest BCUT2D eigenvalue weighted by atomic mass is 9.99. The molecule has 0 aromatic heterocycles. The lowest BCUT2D eigenvalue weighted by Crippen LogP contribution is -2.02. The van der Waals surface area contributed by atoms with Gasteiger partial charge in [0.25, 0.3) is 0 Å². The first-order valence-electron chi connectivity index (χ1n) is 3.74. The monoisotopic (exact) mass is 202 g/mol. The quantitative estimate of drug-likeness (QED) is 0.699. The summed E-state index contributed by atoms with van der Waals surface area (Å²) < 4.78 is 13.1. The molecule has 0 spiro atoms. The number of rotatable bonds is 2. The largest absolute Gasteiger partial charge is 0.478 e. The van der Waals surface area contributed by atoms with E-state index in [9.17, 15) is 9.18 Å². The minimum absolute atomic E-state index is 0.0475. The second-order valence-electron chi connectivity index (χ2n) is 2.64. The fourth-order valence-electron chi connectivity index (χ4n) is 1.04. The van der Waals surface area contributed by atoms with Crippen LogP contribution in [0, 0.1) is 5.92 Å². The van der Waals surface area contributed by atoms with E-state index in [0.29, 0.717) is 6.42 Å². The summed E-state index contributed by atoms with van der Waals surface area (Å²) in [5.74, 6) is -2.09. The van der Waals surface area contributed by atoms with E-state index in [-0.39, 0.29) is 5.03 Å². The van der Waals surface area contributed by atoms with Gasteiger partial charge in [-0.15, -0.1) is 0 Å². The van der Waals surface area contributed by atoms with Crippen molar-refractivity contribution < 1.29 is 14.3 Å². The normalized spacial score (nSPS) is 22.8. The Hall–Kier alpha value is -1.09. The molecule has 1 unspecified atom stereocenters. The van der Waals surface area contributed by atoms with Gasteiger partial charge in [0.05, 0.1) is 5.03 Å². The first-order valence-corrected chi connectivity index (χ1v) is 4.12. The maximum Gasteiger partial charge on any atom is 0.327 e. The SMILES string of the molecule is O=C(O)/C=C/C1CC=CC(Cl)=C1F. The van der Waals surface area contributed by atoms with E-state index in [0.717, 1.165) is 6.08 Å². The van der Waals surface area contributed by atoms with Crippen LogP contribution >= 0.6 is 11.6 Å². The summed E-state index contributed by atoms with van der Waals surface area (Å²) in [5.41, 5.74) is 0. The Morgan fingerprint density at radius 1 is 1.77 bits per heavy atom. The summed E-state index contributed by atoms with van der Waals surface area (Å²) in [6, 6.07) is 0. The summed E-state index contributed by atoms with van der Waals surface area (Å²) in [6.45, 7) is 0. The van der Waals surface area contributed by atoms with E-state index in [1.54, 1.807) is 6.08 Å². The minimum Gasteiger partial charge on any atom is -0.478 e. The van der Waals surface area contributed by atoms with E-state index in [4.69, 9.17) is 16.7 Å². The Labute approximate surface area is 80.0 Å². The molecule has 0 saturated heterocycles. The van der Waals surface area contributed by atoms with Crippen molar-refractivity contribution in [1.82, 2.24) is 0 Å². The van der Waals surface area contributed by atoms with Gasteiger partial charge in [-0.3, -0.25) is 0 Å². The van der Waals surface area contributed by atoms with Gasteiger partial charge in [0.15, 0.2) is 0 Å². The first-order chi connectivity index (χ1) is 6.11. The van der Waals surface area contributed by atoms with Crippen LogP contribution in [-0.2, 0) is 4.79 Å². The molecular formula is C9H8ClFO2. The van der Waals surface area contributed by atoms with Crippen LogP contribution in [0.25, 0.3) is 0 Å². The molecule has 1 aliphatic carbocycles. The average molecular weight is 203 g/mol. The van der Waals surface area contributed by atoms with Crippen LogP contribution in [0.15, 0.2) is 35.2 Å². The minimum atomic E-state index is -1.08. The van der Waals surface area contributed by atoms with Crippen molar-refractivity contribution in [3.8, 4) is 0 Å². The van der Waals surface area contributed by atoms with Gasteiger partial charge in [0, 0.05) is 12.0 Å². The van der Waals surface area contributed by atoms with Gasteiger partial charge in [0.1, 0.15) is 5.83 Å². The van der Waals surface area contributed by atoms with Crippen LogP contribution in [0.5, 0.6) is 0 Å². The third-order valence-corrected chi connectivity index (χ3v) is 1.99. The third kappa shape index (κ3) is 2.70. The van der Waals surface area contributed by atoms with Crippen molar-refractivity contribution >= 4 is 17.6 Å². The molecule has 0 aliphatic heterocycles. The second kappa shape index (κ2) is 4.23. The number of carbonyl (C=O) groups is 1. The van der Waals surface area contributed by atoms with E-state index in [1.807, 2.05) is 0 Å². The summed E-state index contributed by atoms with van der Waals surface area (Å²) in [4.78, 5) is 10.2. The fraction of sp³-hybridized carbons (Fsp3) is 0.222. The van der Waals surface area contributed by atoms with Crippen LogP contribution < -0.4 is 0 Å². The topological polar surface area (TPSA) is 37.3 Å². The molecule has 0 aromatic rings. The smallest absolute Gasteiger partial charge is 0.327 e. The highest BCUT2D eigenvalue weighted by Gasteiger charge is 2.16. The number of hydrogen-bond acceptors (Lipinski definition) is 1. The number of carboxylic acids is 1. The van der Waals surface area contributed by atoms with Crippen molar-refractivity contribution in [1.29, 1.82) is 0 Å². The molecule has 0 aromatic carbocycles. The number of allylic oxidation sites excluding steroid dienone is 5. The summed E-state index contributed by atoms with van der Waals surface area (Å²) >= 11 is 5.51. The van der Waals surface area contributed by atoms with Crippen molar-refractivity contribution in [2.24, 2.45) is 5.92 Å². The Morgan fingerprint density at radius 2 is 2.46 bits per heavy atom. The average Bonchev–Trinajstić information content (AvgIpc) is 2.07. The molecular weight excluding hydrogens is 195 g/mol. The third-order valence-electron chi connectivity index (χ3n) is 1.68. The molecule has 1 aliphatic rings. The highest BCUT2D eigenvalue weighted by Crippen LogP contribution is 2.29. The molecule has 2 nitrogen and oxygen atoms in total. The fourth-order valence-corrected chi connectivity index (χ4v) is 1.27. The van der Waals surface area contributed by atoms with Crippen molar-refractivity contribution in [2.75, 3.05) is 0 Å². The zero-order valence-electron chi connectivity index (χ0n) is 6.71. The van der Waals surface area contributed by atoms with Gasteiger partial charge in [-0.05, 0) is 12.5 Å². The van der Waals surface area contributed by atoms with Crippen LogP contribution in [-0.4, -0.2) is 11.1 Å². The Kier molecular flexibility index (Phi) is 3.25. The number of halogens is 2. The first kappa shape index (κ1) is 9.99. The Bertz CT molecular complexity index is 305. The van der Waals surface area contributed by atoms with E-state index >= 15 is 0 Å². The van der Waals surface area contributed by atoms with Gasteiger partial charge in [-0.1, -0.05) is 23.8 Å². The standard InChI is InChI=1S/C9H8ClFO2/c10-7-3-1-2-6(9(7)11)4-5-8(12)13/h1,3-6H,2H2,(H,12,13)/b5-4+. The molecule has 0 heterocycles. The maximum atomic E-state index is 13.1. The van der Waals surface area contributed by atoms with E-state index in [1.165, 1.54) is 12.2 Å². The van der Waals surface area contributed by atoms with E-state index in [2.05, 4.69) is 0 Å². The lowest BCUT2D eigenvalue weighted by molar-refractivity contribution is -0.131. The van der Waals surface area contributed by atoms with Gasteiger partial charge >= 0.3 is 5.97 Å². The Balaban J connectivity index is 2.74. The van der Waals surface area contributed by atoms with Crippen LogP contribution in [0.3, 0.4) is 0 Å².